The maximum absolute atomic E-state index is 12.9. The molecule has 3 aromatic carbocycles. The number of amides is 2. The zero-order valence-corrected chi connectivity index (χ0v) is 17.2. The summed E-state index contributed by atoms with van der Waals surface area (Å²) in [7, 11) is 1.54. The lowest BCUT2D eigenvalue weighted by Crippen LogP contribution is -2.38. The van der Waals surface area contributed by atoms with Crippen LogP contribution in [0.15, 0.2) is 84.0 Å². The first-order chi connectivity index (χ1) is 15.5. The van der Waals surface area contributed by atoms with Crippen LogP contribution in [0, 0.1) is 0 Å². The third kappa shape index (κ3) is 5.79. The Morgan fingerprint density at radius 3 is 2.16 bits per heavy atom. The molecular weight excluding hydrogens is 410 g/mol. The number of carboxylic acid groups (broad SMARTS) is 1. The van der Waals surface area contributed by atoms with Gasteiger partial charge in [0.1, 0.15) is 11.8 Å². The maximum Gasteiger partial charge on any atom is 0.335 e. The van der Waals surface area contributed by atoms with Crippen molar-refractivity contribution >= 4 is 24.0 Å². The van der Waals surface area contributed by atoms with E-state index in [1.807, 2.05) is 0 Å². The van der Waals surface area contributed by atoms with Gasteiger partial charge in [-0.3, -0.25) is 9.59 Å². The first-order valence-electron chi connectivity index (χ1n) is 9.64. The van der Waals surface area contributed by atoms with Crippen molar-refractivity contribution in [1.82, 2.24) is 10.7 Å². The van der Waals surface area contributed by atoms with E-state index in [4.69, 9.17) is 9.84 Å². The van der Waals surface area contributed by atoms with E-state index >= 15 is 0 Å². The number of ether oxygens (including phenoxy) is 1. The number of carbonyl (C=O) groups is 3. The Labute approximate surface area is 184 Å². The highest BCUT2D eigenvalue weighted by Gasteiger charge is 2.23. The fourth-order valence-electron chi connectivity index (χ4n) is 2.85. The molecule has 0 saturated carbocycles. The van der Waals surface area contributed by atoms with E-state index in [-0.39, 0.29) is 5.56 Å². The van der Waals surface area contributed by atoms with Crippen LogP contribution in [-0.2, 0) is 4.79 Å². The highest BCUT2D eigenvalue weighted by molar-refractivity contribution is 5.98. The Balaban J connectivity index is 1.75. The molecular formula is C24H21N3O5. The average Bonchev–Trinajstić information content (AvgIpc) is 2.83. The smallest absolute Gasteiger partial charge is 0.335 e. The summed E-state index contributed by atoms with van der Waals surface area (Å²) < 4.78 is 5.15. The van der Waals surface area contributed by atoms with Gasteiger partial charge in [0.05, 0.1) is 18.9 Å². The zero-order valence-electron chi connectivity index (χ0n) is 17.2. The molecule has 0 radical (unpaired) electrons. The summed E-state index contributed by atoms with van der Waals surface area (Å²) in [5.41, 5.74) is 4.14. The van der Waals surface area contributed by atoms with Gasteiger partial charge in [0.25, 0.3) is 11.8 Å². The van der Waals surface area contributed by atoms with E-state index in [0.29, 0.717) is 22.4 Å². The van der Waals surface area contributed by atoms with E-state index in [1.54, 1.807) is 66.7 Å². The maximum atomic E-state index is 12.9. The zero-order chi connectivity index (χ0) is 22.9. The Morgan fingerprint density at radius 2 is 1.56 bits per heavy atom. The second kappa shape index (κ2) is 10.5. The molecule has 0 fully saturated rings. The molecule has 3 aromatic rings. The van der Waals surface area contributed by atoms with Gasteiger partial charge in [-0.2, -0.15) is 5.10 Å². The van der Waals surface area contributed by atoms with Crippen LogP contribution in [0.25, 0.3) is 0 Å². The Bertz CT molecular complexity index is 1110. The summed E-state index contributed by atoms with van der Waals surface area (Å²) in [4.78, 5) is 36.4. The van der Waals surface area contributed by atoms with Gasteiger partial charge >= 0.3 is 5.97 Å². The van der Waals surface area contributed by atoms with Gasteiger partial charge in [0, 0.05) is 5.56 Å². The summed E-state index contributed by atoms with van der Waals surface area (Å²) in [6.45, 7) is 0. The van der Waals surface area contributed by atoms with E-state index < -0.39 is 23.8 Å². The van der Waals surface area contributed by atoms with Crippen molar-refractivity contribution in [1.29, 1.82) is 0 Å². The van der Waals surface area contributed by atoms with Crippen molar-refractivity contribution in [2.24, 2.45) is 5.10 Å². The Morgan fingerprint density at radius 1 is 0.906 bits per heavy atom. The third-order valence-corrected chi connectivity index (χ3v) is 4.57. The molecule has 0 saturated heterocycles. The molecule has 3 rings (SSSR count). The number of carbonyl (C=O) groups excluding carboxylic acids is 2. The number of hydrogen-bond acceptors (Lipinski definition) is 5. The first kappa shape index (κ1) is 22.2. The molecule has 0 aliphatic rings. The molecule has 0 aromatic heterocycles. The molecule has 8 heteroatoms. The highest BCUT2D eigenvalue weighted by Crippen LogP contribution is 2.19. The standard InChI is InChI=1S/C24H21N3O5/c1-32-20-13-11-17(12-14-20)21(26-22(28)18-5-3-2-4-6-18)23(29)27-25-15-16-7-9-19(10-8-16)24(30)31/h2-15,21H,1H3,(H,26,28)(H,27,29)(H,30,31)/b25-15+. The summed E-state index contributed by atoms with van der Waals surface area (Å²) in [6, 6.07) is 20.3. The third-order valence-electron chi connectivity index (χ3n) is 4.57. The predicted molar refractivity (Wildman–Crippen MR) is 119 cm³/mol. The van der Waals surface area contributed by atoms with Crippen LogP contribution >= 0.6 is 0 Å². The molecule has 0 aliphatic carbocycles. The summed E-state index contributed by atoms with van der Waals surface area (Å²) in [5, 5.41) is 15.6. The number of nitrogens with zero attached hydrogens (tertiary/aromatic N) is 1. The number of hydrogen-bond donors (Lipinski definition) is 3. The minimum absolute atomic E-state index is 0.148. The van der Waals surface area contributed by atoms with Crippen LogP contribution in [0.2, 0.25) is 0 Å². The van der Waals surface area contributed by atoms with Gasteiger partial charge in [-0.05, 0) is 47.5 Å². The van der Waals surface area contributed by atoms with Crippen molar-refractivity contribution in [3.63, 3.8) is 0 Å². The second-order valence-electron chi connectivity index (χ2n) is 6.71. The molecule has 3 N–H and O–H groups in total. The van der Waals surface area contributed by atoms with E-state index in [0.717, 1.165) is 0 Å². The number of aromatic carboxylic acids is 1. The molecule has 1 unspecified atom stereocenters. The van der Waals surface area contributed by atoms with Crippen LogP contribution in [-0.4, -0.2) is 36.2 Å². The first-order valence-corrected chi connectivity index (χ1v) is 9.64. The Kier molecular flexibility index (Phi) is 7.32. The normalized spacial score (nSPS) is 11.5. The van der Waals surface area contributed by atoms with E-state index in [2.05, 4.69) is 15.8 Å². The van der Waals surface area contributed by atoms with E-state index in [9.17, 15) is 14.4 Å². The molecule has 0 heterocycles. The van der Waals surface area contributed by atoms with Crippen molar-refractivity contribution in [3.8, 4) is 5.75 Å². The summed E-state index contributed by atoms with van der Waals surface area (Å²) >= 11 is 0. The number of rotatable bonds is 8. The van der Waals surface area contributed by atoms with Gasteiger partial charge in [-0.25, -0.2) is 10.2 Å². The SMILES string of the molecule is COc1ccc(C(NC(=O)c2ccccc2)C(=O)N/N=C/c2ccc(C(=O)O)cc2)cc1. The lowest BCUT2D eigenvalue weighted by molar-refractivity contribution is -0.123. The monoisotopic (exact) mass is 431 g/mol. The van der Waals surface area contributed by atoms with Crippen molar-refractivity contribution in [2.45, 2.75) is 6.04 Å². The van der Waals surface area contributed by atoms with Gasteiger partial charge < -0.3 is 15.2 Å². The lowest BCUT2D eigenvalue weighted by Gasteiger charge is -2.18. The highest BCUT2D eigenvalue weighted by atomic mass is 16.5. The molecule has 8 nitrogen and oxygen atoms in total. The van der Waals surface area contributed by atoms with Crippen molar-refractivity contribution in [3.05, 3.63) is 101 Å². The van der Waals surface area contributed by atoms with Gasteiger partial charge in [-0.15, -0.1) is 0 Å². The molecule has 162 valence electrons. The average molecular weight is 431 g/mol. The van der Waals surface area contributed by atoms with Crippen LogP contribution in [0.5, 0.6) is 5.75 Å². The summed E-state index contributed by atoms with van der Waals surface area (Å²) in [5.74, 6) is -1.36. The van der Waals surface area contributed by atoms with Gasteiger partial charge in [0.15, 0.2) is 0 Å². The number of carboxylic acids is 1. The number of hydrazone groups is 1. The molecule has 32 heavy (non-hydrogen) atoms. The van der Waals surface area contributed by atoms with E-state index in [1.165, 1.54) is 25.5 Å². The topological polar surface area (TPSA) is 117 Å². The van der Waals surface area contributed by atoms with Gasteiger partial charge in [-0.1, -0.05) is 42.5 Å². The quantitative estimate of drug-likeness (QED) is 0.374. The van der Waals surface area contributed by atoms with Crippen molar-refractivity contribution < 1.29 is 24.2 Å². The minimum atomic E-state index is -1.03. The largest absolute Gasteiger partial charge is 0.497 e. The fourth-order valence-corrected chi connectivity index (χ4v) is 2.85. The molecule has 0 bridgehead atoms. The van der Waals surface area contributed by atoms with Crippen molar-refractivity contribution in [2.75, 3.05) is 7.11 Å². The molecule has 2 amide bonds. The predicted octanol–water partition coefficient (Wildman–Crippen LogP) is 3.01. The van der Waals surface area contributed by atoms with Crippen LogP contribution < -0.4 is 15.5 Å². The lowest BCUT2D eigenvalue weighted by atomic mass is 10.1. The van der Waals surface area contributed by atoms with Crippen LogP contribution in [0.3, 0.4) is 0 Å². The molecule has 0 spiro atoms. The van der Waals surface area contributed by atoms with Crippen LogP contribution in [0.1, 0.15) is 37.9 Å². The Hall–Kier alpha value is -4.46. The van der Waals surface area contributed by atoms with Crippen LogP contribution in [0.4, 0.5) is 0 Å². The minimum Gasteiger partial charge on any atom is -0.497 e. The van der Waals surface area contributed by atoms with Gasteiger partial charge in [0.2, 0.25) is 0 Å². The number of nitrogens with one attached hydrogen (secondary N) is 2. The molecule has 1 atom stereocenters. The number of methoxy groups -OCH3 is 1. The summed E-state index contributed by atoms with van der Waals surface area (Å²) in [6.07, 6.45) is 1.38. The molecule has 0 aliphatic heterocycles. The second-order valence-corrected chi connectivity index (χ2v) is 6.71. The fraction of sp³-hybridized carbons (Fsp3) is 0.0833. The number of benzene rings is 3.